The second-order valence-corrected chi connectivity index (χ2v) is 6.48. The molecule has 0 unspecified atom stereocenters. The largest absolute Gasteiger partial charge is 0.370 e. The van der Waals surface area contributed by atoms with Gasteiger partial charge in [0.2, 0.25) is 11.7 Å². The number of guanidine groups is 1. The molecule has 1 heterocycles. The van der Waals surface area contributed by atoms with Crippen molar-refractivity contribution < 1.29 is 4.52 Å². The number of nitrogens with one attached hydrogen (secondary N) is 1. The van der Waals surface area contributed by atoms with Gasteiger partial charge in [-0.1, -0.05) is 35.0 Å². The second kappa shape index (κ2) is 9.70. The Morgan fingerprint density at radius 1 is 1.19 bits per heavy atom. The van der Waals surface area contributed by atoms with Crippen molar-refractivity contribution in [1.29, 1.82) is 0 Å². The molecule has 0 aliphatic carbocycles. The van der Waals surface area contributed by atoms with Crippen molar-refractivity contribution in [3.63, 3.8) is 0 Å². The molecule has 0 bridgehead atoms. The topological polar surface area (TPSA) is 89.3 Å². The van der Waals surface area contributed by atoms with Crippen LogP contribution in [0.25, 0.3) is 11.4 Å². The maximum absolute atomic E-state index is 5.98. The normalized spacial score (nSPS) is 11.1. The molecule has 0 aliphatic rings. The highest BCUT2D eigenvalue weighted by molar-refractivity contribution is 14.0. The number of hydrogen-bond acceptors (Lipinski definition) is 4. The number of aryl methyl sites for hydroxylation is 2. The molecule has 3 N–H and O–H groups in total. The molecule has 0 aliphatic heterocycles. The summed E-state index contributed by atoms with van der Waals surface area (Å²) in [4.78, 5) is 8.66. The van der Waals surface area contributed by atoms with E-state index in [1.54, 1.807) is 12.1 Å². The maximum atomic E-state index is 5.98. The standard InChI is InChI=1S/C19H20ClN5O.HI/c1-12-8-13(2)10-16(9-12)23-19(21)22-7-6-17-24-18(25-26-17)14-4-3-5-15(20)11-14;/h3-5,8-11H,6-7H2,1-2H3,(H3,21,22,23);1H. The molecule has 142 valence electrons. The van der Waals surface area contributed by atoms with E-state index in [9.17, 15) is 0 Å². The Bertz CT molecular complexity index is 921. The zero-order valence-corrected chi connectivity index (χ0v) is 18.2. The van der Waals surface area contributed by atoms with Crippen LogP contribution >= 0.6 is 35.6 Å². The van der Waals surface area contributed by atoms with E-state index < -0.39 is 0 Å². The molecule has 3 aromatic rings. The van der Waals surface area contributed by atoms with E-state index in [1.807, 2.05) is 38.1 Å². The van der Waals surface area contributed by atoms with E-state index in [0.717, 1.165) is 11.3 Å². The molecule has 6 nitrogen and oxygen atoms in total. The summed E-state index contributed by atoms with van der Waals surface area (Å²) < 4.78 is 5.26. The van der Waals surface area contributed by atoms with E-state index in [2.05, 4.69) is 26.5 Å². The fourth-order valence-corrected chi connectivity index (χ4v) is 2.80. The molecule has 0 amide bonds. The van der Waals surface area contributed by atoms with Gasteiger partial charge in [0, 0.05) is 22.7 Å². The number of benzene rings is 2. The van der Waals surface area contributed by atoms with Gasteiger partial charge in [-0.3, -0.25) is 4.99 Å². The van der Waals surface area contributed by atoms with Gasteiger partial charge in [0.1, 0.15) is 0 Å². The molecular formula is C19H21ClIN5O. The van der Waals surface area contributed by atoms with Gasteiger partial charge >= 0.3 is 0 Å². The zero-order valence-electron chi connectivity index (χ0n) is 15.1. The molecule has 27 heavy (non-hydrogen) atoms. The Kier molecular flexibility index (Phi) is 7.61. The first-order chi connectivity index (χ1) is 12.5. The van der Waals surface area contributed by atoms with Gasteiger partial charge in [0.05, 0.1) is 6.54 Å². The fraction of sp³-hybridized carbons (Fsp3) is 0.211. The van der Waals surface area contributed by atoms with Crippen molar-refractivity contribution in [3.05, 3.63) is 64.5 Å². The number of rotatable bonds is 5. The molecule has 1 aromatic heterocycles. The minimum absolute atomic E-state index is 0. The first-order valence-corrected chi connectivity index (χ1v) is 8.61. The van der Waals surface area contributed by atoms with Gasteiger partial charge in [-0.15, -0.1) is 24.0 Å². The highest BCUT2D eigenvalue weighted by Crippen LogP contribution is 2.20. The van der Waals surface area contributed by atoms with Crippen LogP contribution in [0.2, 0.25) is 5.02 Å². The predicted octanol–water partition coefficient (Wildman–Crippen LogP) is 4.59. The quantitative estimate of drug-likeness (QED) is 0.306. The summed E-state index contributed by atoms with van der Waals surface area (Å²) in [5, 5.41) is 7.69. The summed E-state index contributed by atoms with van der Waals surface area (Å²) in [6.07, 6.45) is 0.503. The maximum Gasteiger partial charge on any atom is 0.228 e. The SMILES string of the molecule is Cc1cc(C)cc(NC(N)=NCCc2nc(-c3cccc(Cl)c3)no2)c1.I. The average Bonchev–Trinajstić information content (AvgIpc) is 3.03. The Morgan fingerprint density at radius 3 is 2.63 bits per heavy atom. The predicted molar refractivity (Wildman–Crippen MR) is 120 cm³/mol. The first-order valence-electron chi connectivity index (χ1n) is 8.23. The number of nitrogens with two attached hydrogens (primary N) is 1. The van der Waals surface area contributed by atoms with Crippen molar-refractivity contribution in [3.8, 4) is 11.4 Å². The van der Waals surface area contributed by atoms with Crippen molar-refractivity contribution in [2.75, 3.05) is 11.9 Å². The minimum Gasteiger partial charge on any atom is -0.370 e. The molecule has 0 fully saturated rings. The molecule has 0 radical (unpaired) electrons. The van der Waals surface area contributed by atoms with Crippen LogP contribution in [0.4, 0.5) is 5.69 Å². The number of halogens is 2. The van der Waals surface area contributed by atoms with Crippen LogP contribution in [0.3, 0.4) is 0 Å². The van der Waals surface area contributed by atoms with E-state index in [4.69, 9.17) is 21.9 Å². The third kappa shape index (κ3) is 6.21. The van der Waals surface area contributed by atoms with Crippen LogP contribution in [-0.4, -0.2) is 22.6 Å². The third-order valence-corrected chi connectivity index (χ3v) is 3.89. The fourth-order valence-electron chi connectivity index (χ4n) is 2.61. The van der Waals surface area contributed by atoms with Crippen molar-refractivity contribution in [2.45, 2.75) is 20.3 Å². The molecule has 8 heteroatoms. The van der Waals surface area contributed by atoms with Crippen LogP contribution in [0, 0.1) is 13.8 Å². The van der Waals surface area contributed by atoms with Gasteiger partial charge in [-0.2, -0.15) is 4.98 Å². The molecule has 3 rings (SSSR count). The lowest BCUT2D eigenvalue weighted by Crippen LogP contribution is -2.23. The van der Waals surface area contributed by atoms with Crippen molar-refractivity contribution >= 4 is 47.2 Å². The van der Waals surface area contributed by atoms with Gasteiger partial charge in [-0.25, -0.2) is 0 Å². The zero-order chi connectivity index (χ0) is 18.5. The third-order valence-electron chi connectivity index (χ3n) is 3.65. The second-order valence-electron chi connectivity index (χ2n) is 6.04. The Balaban J connectivity index is 0.00000261. The molecule has 0 atom stereocenters. The highest BCUT2D eigenvalue weighted by Gasteiger charge is 2.08. The Morgan fingerprint density at radius 2 is 1.93 bits per heavy atom. The van der Waals surface area contributed by atoms with Gasteiger partial charge in [-0.05, 0) is 49.2 Å². The summed E-state index contributed by atoms with van der Waals surface area (Å²) in [6.45, 7) is 4.53. The monoisotopic (exact) mass is 497 g/mol. The van der Waals surface area contributed by atoms with E-state index in [-0.39, 0.29) is 24.0 Å². The van der Waals surface area contributed by atoms with E-state index in [0.29, 0.717) is 35.7 Å². The van der Waals surface area contributed by atoms with Crippen molar-refractivity contribution in [1.82, 2.24) is 10.1 Å². The van der Waals surface area contributed by atoms with Gasteiger partial charge in [0.15, 0.2) is 5.96 Å². The van der Waals surface area contributed by atoms with Crippen LogP contribution in [0.15, 0.2) is 52.0 Å². The molecule has 0 saturated heterocycles. The van der Waals surface area contributed by atoms with Crippen LogP contribution in [0.1, 0.15) is 17.0 Å². The van der Waals surface area contributed by atoms with Gasteiger partial charge < -0.3 is 15.6 Å². The first kappa shape index (κ1) is 21.2. The van der Waals surface area contributed by atoms with Gasteiger partial charge in [0.25, 0.3) is 0 Å². The Labute approximate surface area is 180 Å². The van der Waals surface area contributed by atoms with E-state index >= 15 is 0 Å². The van der Waals surface area contributed by atoms with Crippen LogP contribution in [-0.2, 0) is 6.42 Å². The number of aromatic nitrogens is 2. The molecule has 0 spiro atoms. The summed E-state index contributed by atoms with van der Waals surface area (Å²) in [6, 6.07) is 13.5. The highest BCUT2D eigenvalue weighted by atomic mass is 127. The van der Waals surface area contributed by atoms with Crippen LogP contribution in [0.5, 0.6) is 0 Å². The number of aliphatic imine (C=N–C) groups is 1. The summed E-state index contributed by atoms with van der Waals surface area (Å²) >= 11 is 5.98. The lowest BCUT2D eigenvalue weighted by atomic mass is 10.1. The number of anilines is 1. The lowest BCUT2D eigenvalue weighted by Gasteiger charge is -2.07. The number of hydrogen-bond donors (Lipinski definition) is 2. The smallest absolute Gasteiger partial charge is 0.228 e. The van der Waals surface area contributed by atoms with Crippen LogP contribution < -0.4 is 11.1 Å². The molecule has 0 saturated carbocycles. The summed E-state index contributed by atoms with van der Waals surface area (Å²) in [5.41, 5.74) is 10.0. The average molecular weight is 498 g/mol. The molecular weight excluding hydrogens is 477 g/mol. The summed E-state index contributed by atoms with van der Waals surface area (Å²) in [5.74, 6) is 1.36. The Hall–Kier alpha value is -2.13. The molecule has 2 aromatic carbocycles. The van der Waals surface area contributed by atoms with E-state index in [1.165, 1.54) is 11.1 Å². The number of nitrogens with zero attached hydrogens (tertiary/aromatic N) is 3. The van der Waals surface area contributed by atoms with Crippen molar-refractivity contribution in [2.24, 2.45) is 10.7 Å². The summed E-state index contributed by atoms with van der Waals surface area (Å²) in [7, 11) is 0. The minimum atomic E-state index is 0. The lowest BCUT2D eigenvalue weighted by molar-refractivity contribution is 0.380.